The van der Waals surface area contributed by atoms with Crippen LogP contribution >= 0.6 is 15.9 Å². The highest BCUT2D eigenvalue weighted by molar-refractivity contribution is 9.10. The number of pyridine rings is 1. The normalized spacial score (nSPS) is 30.2. The molecule has 0 amide bonds. The van der Waals surface area contributed by atoms with Gasteiger partial charge in [0, 0.05) is 21.9 Å². The van der Waals surface area contributed by atoms with Crippen molar-refractivity contribution < 1.29 is 4.74 Å². The molecule has 0 radical (unpaired) electrons. The fraction of sp³-hybridized carbons (Fsp3) is 0.500. The third-order valence-electron chi connectivity index (χ3n) is 2.91. The van der Waals surface area contributed by atoms with Gasteiger partial charge in [-0.15, -0.1) is 0 Å². The summed E-state index contributed by atoms with van der Waals surface area (Å²) in [7, 11) is 0. The van der Waals surface area contributed by atoms with Crippen molar-refractivity contribution in [2.75, 3.05) is 6.61 Å². The Morgan fingerprint density at radius 1 is 1.54 bits per heavy atom. The monoisotopic (exact) mass is 239 g/mol. The van der Waals surface area contributed by atoms with Crippen LogP contribution in [-0.2, 0) is 16.8 Å². The van der Waals surface area contributed by atoms with Crippen LogP contribution < -0.4 is 0 Å². The van der Waals surface area contributed by atoms with E-state index in [9.17, 15) is 0 Å². The number of rotatable bonds is 0. The molecule has 0 saturated carbocycles. The van der Waals surface area contributed by atoms with Gasteiger partial charge < -0.3 is 4.74 Å². The van der Waals surface area contributed by atoms with E-state index in [1.54, 1.807) is 0 Å². The molecule has 2 nitrogen and oxygen atoms in total. The molecule has 1 aromatic heterocycles. The van der Waals surface area contributed by atoms with Crippen LogP contribution in [0, 0.1) is 0 Å². The Kier molecular flexibility index (Phi) is 1.56. The number of hydrogen-bond donors (Lipinski definition) is 0. The van der Waals surface area contributed by atoms with Gasteiger partial charge in [-0.1, -0.05) is 0 Å². The summed E-state index contributed by atoms with van der Waals surface area (Å²) in [6.07, 6.45) is 5.35. The summed E-state index contributed by atoms with van der Waals surface area (Å²) in [5.74, 6) is 0. The van der Waals surface area contributed by atoms with Gasteiger partial charge in [0.25, 0.3) is 0 Å². The molecule has 1 spiro atoms. The average Bonchev–Trinajstić information content (AvgIpc) is 2.88. The first kappa shape index (κ1) is 7.94. The van der Waals surface area contributed by atoms with Crippen molar-refractivity contribution in [3.63, 3.8) is 0 Å². The second-order valence-electron chi connectivity index (χ2n) is 3.78. The first-order valence-corrected chi connectivity index (χ1v) is 5.38. The Morgan fingerprint density at radius 3 is 3.15 bits per heavy atom. The van der Waals surface area contributed by atoms with E-state index in [0.717, 1.165) is 23.9 Å². The smallest absolute Gasteiger partial charge is 0.118 e. The first-order chi connectivity index (χ1) is 6.30. The van der Waals surface area contributed by atoms with Gasteiger partial charge in [-0.3, -0.25) is 4.98 Å². The minimum Gasteiger partial charge on any atom is -0.364 e. The zero-order valence-corrected chi connectivity index (χ0v) is 8.80. The highest BCUT2D eigenvalue weighted by Crippen LogP contribution is 2.47. The molecule has 3 heteroatoms. The van der Waals surface area contributed by atoms with Crippen molar-refractivity contribution in [3.8, 4) is 0 Å². The Labute approximate surface area is 85.4 Å². The van der Waals surface area contributed by atoms with Crippen LogP contribution in [0.25, 0.3) is 0 Å². The van der Waals surface area contributed by atoms with Crippen molar-refractivity contribution in [3.05, 3.63) is 28.0 Å². The van der Waals surface area contributed by atoms with Crippen molar-refractivity contribution in [2.24, 2.45) is 0 Å². The number of ether oxygens (including phenoxy) is 1. The van der Waals surface area contributed by atoms with Crippen molar-refractivity contribution in [1.82, 2.24) is 4.98 Å². The zero-order valence-electron chi connectivity index (χ0n) is 7.22. The van der Waals surface area contributed by atoms with E-state index in [0.29, 0.717) is 0 Å². The molecule has 1 unspecified atom stereocenters. The fourth-order valence-electron chi connectivity index (χ4n) is 2.12. The predicted molar refractivity (Wildman–Crippen MR) is 52.5 cm³/mol. The standard InChI is InChI=1S/C10H10BrNO/c11-7-4-8-9(12-5-7)2-1-3-10(8)6-13-10/h4-5H,1-3,6H2. The molecule has 1 aliphatic heterocycles. The first-order valence-electron chi connectivity index (χ1n) is 4.59. The van der Waals surface area contributed by atoms with Gasteiger partial charge >= 0.3 is 0 Å². The second kappa shape index (κ2) is 2.55. The van der Waals surface area contributed by atoms with E-state index in [1.807, 2.05) is 6.20 Å². The lowest BCUT2D eigenvalue weighted by molar-refractivity contribution is 0.275. The van der Waals surface area contributed by atoms with Gasteiger partial charge in [-0.25, -0.2) is 0 Å². The molecule has 2 heterocycles. The summed E-state index contributed by atoms with van der Waals surface area (Å²) in [5.41, 5.74) is 2.60. The molecule has 3 rings (SSSR count). The number of aryl methyl sites for hydroxylation is 1. The highest BCUT2D eigenvalue weighted by Gasteiger charge is 2.49. The summed E-state index contributed by atoms with van der Waals surface area (Å²) < 4.78 is 6.62. The zero-order chi connectivity index (χ0) is 8.89. The van der Waals surface area contributed by atoms with E-state index < -0.39 is 0 Å². The summed E-state index contributed by atoms with van der Waals surface area (Å²) in [6.45, 7) is 0.887. The Bertz CT molecular complexity index is 360. The number of nitrogens with zero attached hydrogens (tertiary/aromatic N) is 1. The van der Waals surface area contributed by atoms with Gasteiger partial charge in [-0.05, 0) is 41.3 Å². The number of epoxide rings is 1. The minimum atomic E-state index is 0.0599. The topological polar surface area (TPSA) is 25.4 Å². The van der Waals surface area contributed by atoms with E-state index in [-0.39, 0.29) is 5.60 Å². The minimum absolute atomic E-state index is 0.0599. The van der Waals surface area contributed by atoms with Crippen LogP contribution in [0.2, 0.25) is 0 Å². The molecule has 0 bridgehead atoms. The molecular weight excluding hydrogens is 230 g/mol. The number of aromatic nitrogens is 1. The molecule has 1 fully saturated rings. The van der Waals surface area contributed by atoms with Gasteiger partial charge in [0.15, 0.2) is 0 Å². The van der Waals surface area contributed by atoms with E-state index in [4.69, 9.17) is 4.74 Å². The summed E-state index contributed by atoms with van der Waals surface area (Å²) in [6, 6.07) is 2.16. The molecule has 68 valence electrons. The molecule has 1 atom stereocenters. The van der Waals surface area contributed by atoms with E-state index in [1.165, 1.54) is 17.7 Å². The molecule has 1 aromatic rings. The lowest BCUT2D eigenvalue weighted by atomic mass is 9.86. The van der Waals surface area contributed by atoms with Crippen LogP contribution in [0.15, 0.2) is 16.7 Å². The molecule has 0 aromatic carbocycles. The molecule has 1 saturated heterocycles. The summed E-state index contributed by atoms with van der Waals surface area (Å²) in [5, 5.41) is 0. The maximum atomic E-state index is 5.56. The van der Waals surface area contributed by atoms with Gasteiger partial charge in [0.1, 0.15) is 5.60 Å². The SMILES string of the molecule is Brc1cnc2c(c1)C1(CCC2)CO1. The lowest BCUT2D eigenvalue weighted by Crippen LogP contribution is -2.18. The number of fused-ring (bicyclic) bond motifs is 2. The molecule has 1 aliphatic carbocycles. The molecular formula is C10H10BrNO. The summed E-state index contributed by atoms with van der Waals surface area (Å²) in [4.78, 5) is 4.43. The Morgan fingerprint density at radius 2 is 2.38 bits per heavy atom. The maximum Gasteiger partial charge on any atom is 0.118 e. The number of hydrogen-bond acceptors (Lipinski definition) is 2. The van der Waals surface area contributed by atoms with Crippen LogP contribution in [0.3, 0.4) is 0 Å². The predicted octanol–water partition coefficient (Wildman–Crippen LogP) is 2.41. The third-order valence-corrected chi connectivity index (χ3v) is 3.35. The molecule has 0 N–H and O–H groups in total. The maximum absolute atomic E-state index is 5.56. The Balaban J connectivity index is 2.16. The van der Waals surface area contributed by atoms with Crippen molar-refractivity contribution >= 4 is 15.9 Å². The van der Waals surface area contributed by atoms with Crippen molar-refractivity contribution in [1.29, 1.82) is 0 Å². The second-order valence-corrected chi connectivity index (χ2v) is 4.70. The lowest BCUT2D eigenvalue weighted by Gasteiger charge is -2.21. The van der Waals surface area contributed by atoms with Gasteiger partial charge in [-0.2, -0.15) is 0 Å². The van der Waals surface area contributed by atoms with Crippen molar-refractivity contribution in [2.45, 2.75) is 24.9 Å². The molecule has 13 heavy (non-hydrogen) atoms. The quantitative estimate of drug-likeness (QED) is 0.650. The van der Waals surface area contributed by atoms with Crippen LogP contribution in [-0.4, -0.2) is 11.6 Å². The van der Waals surface area contributed by atoms with Gasteiger partial charge in [0.05, 0.1) is 6.61 Å². The average molecular weight is 240 g/mol. The van der Waals surface area contributed by atoms with Crippen LogP contribution in [0.5, 0.6) is 0 Å². The van der Waals surface area contributed by atoms with Crippen LogP contribution in [0.1, 0.15) is 24.1 Å². The largest absolute Gasteiger partial charge is 0.364 e. The molecule has 2 aliphatic rings. The van der Waals surface area contributed by atoms with Crippen LogP contribution in [0.4, 0.5) is 0 Å². The fourth-order valence-corrected chi connectivity index (χ4v) is 2.46. The van der Waals surface area contributed by atoms with Gasteiger partial charge in [0.2, 0.25) is 0 Å². The number of halogens is 1. The summed E-state index contributed by atoms with van der Waals surface area (Å²) >= 11 is 3.45. The van der Waals surface area contributed by atoms with E-state index >= 15 is 0 Å². The Hall–Kier alpha value is -0.410. The third kappa shape index (κ3) is 1.14. The van der Waals surface area contributed by atoms with E-state index in [2.05, 4.69) is 27.0 Å². The highest BCUT2D eigenvalue weighted by atomic mass is 79.9.